The summed E-state index contributed by atoms with van der Waals surface area (Å²) in [6.45, 7) is 2.35. The van der Waals surface area contributed by atoms with Gasteiger partial charge in [0.2, 0.25) is 5.91 Å². The monoisotopic (exact) mass is 560 g/mol. The van der Waals surface area contributed by atoms with E-state index in [1.807, 2.05) is 6.07 Å². The fourth-order valence-electron chi connectivity index (χ4n) is 3.28. The van der Waals surface area contributed by atoms with Crippen LogP contribution >= 0.6 is 11.6 Å². The summed E-state index contributed by atoms with van der Waals surface area (Å²) in [5, 5.41) is 14.4. The number of ether oxygens (including phenoxy) is 2. The smallest absolute Gasteiger partial charge is 0.416 e. The number of benzene rings is 2. The second kappa shape index (κ2) is 10.6. The van der Waals surface area contributed by atoms with Gasteiger partial charge in [0, 0.05) is 12.6 Å². The number of sulfonamides is 1. The summed E-state index contributed by atoms with van der Waals surface area (Å²) in [4.78, 5) is 11.1. The topological polar surface area (TPSA) is 121 Å². The average molecular weight is 561 g/mol. The number of amides is 1. The van der Waals surface area contributed by atoms with E-state index in [1.54, 1.807) is 0 Å². The summed E-state index contributed by atoms with van der Waals surface area (Å²) < 4.78 is 78.4. The fraction of sp³-hybridized carbons (Fsp3) is 0.391. The molecule has 1 aliphatic heterocycles. The number of carbonyl (C=O) groups is 1. The zero-order chi connectivity index (χ0) is 27.6. The van der Waals surface area contributed by atoms with Crippen LogP contribution in [0.3, 0.4) is 0 Å². The lowest BCUT2D eigenvalue weighted by atomic mass is 10.1. The first kappa shape index (κ1) is 28.4. The van der Waals surface area contributed by atoms with Gasteiger partial charge in [0.05, 0.1) is 35.4 Å². The number of alkyl halides is 3. The summed E-state index contributed by atoms with van der Waals surface area (Å²) in [5.74, 6) is -0.185. The highest BCUT2D eigenvalue weighted by Crippen LogP contribution is 2.40. The first-order chi connectivity index (χ1) is 17.2. The lowest BCUT2D eigenvalue weighted by molar-refractivity contribution is -0.261. The Bertz CT molecular complexity index is 1330. The number of nitrogens with one attached hydrogen (secondary N) is 2. The maximum atomic E-state index is 13.7. The third kappa shape index (κ3) is 6.38. The molecule has 14 heteroatoms. The Balaban J connectivity index is 1.97. The molecule has 0 radical (unpaired) electrons. The van der Waals surface area contributed by atoms with Gasteiger partial charge in [-0.1, -0.05) is 11.6 Å². The number of hydrogen-bond acceptors (Lipinski definition) is 7. The second-order valence-electron chi connectivity index (χ2n) is 8.63. The molecular weight excluding hydrogens is 537 g/mol. The van der Waals surface area contributed by atoms with Crippen LogP contribution in [0.2, 0.25) is 5.02 Å². The van der Waals surface area contributed by atoms with Crippen molar-refractivity contribution < 1.29 is 35.9 Å². The van der Waals surface area contributed by atoms with Crippen molar-refractivity contribution in [1.29, 1.82) is 5.26 Å². The number of nitriles is 1. The molecule has 9 nitrogen and oxygen atoms in total. The Morgan fingerprint density at radius 2 is 1.97 bits per heavy atom. The zero-order valence-corrected chi connectivity index (χ0v) is 21.6. The molecule has 37 heavy (non-hydrogen) atoms. The molecule has 0 aliphatic carbocycles. The van der Waals surface area contributed by atoms with E-state index in [1.165, 1.54) is 37.3 Å². The molecule has 2 aromatic rings. The molecule has 1 atom stereocenters. The van der Waals surface area contributed by atoms with Crippen molar-refractivity contribution in [2.45, 2.75) is 43.5 Å². The van der Waals surface area contributed by atoms with Crippen molar-refractivity contribution in [2.24, 2.45) is 0 Å². The maximum absolute atomic E-state index is 13.7. The Kier molecular flexibility index (Phi) is 8.16. The van der Waals surface area contributed by atoms with E-state index in [9.17, 15) is 31.6 Å². The maximum Gasteiger partial charge on any atom is 0.416 e. The molecule has 200 valence electrons. The predicted octanol–water partition coefficient (Wildman–Crippen LogP) is 4.03. The highest BCUT2D eigenvalue weighted by atomic mass is 35.5. The SMILES string of the molecule is CC(=O)NCC1CN(S(=O)(=O)c2cc(C#N)ccc2Cl)c2cc(NCOC(C)(C)C(F)(F)F)ccc2O1. The van der Waals surface area contributed by atoms with Crippen molar-refractivity contribution in [2.75, 3.05) is 29.4 Å². The van der Waals surface area contributed by atoms with Gasteiger partial charge in [-0.3, -0.25) is 9.10 Å². The van der Waals surface area contributed by atoms with Gasteiger partial charge in [-0.25, -0.2) is 8.42 Å². The average Bonchev–Trinajstić information content (AvgIpc) is 2.81. The molecule has 1 unspecified atom stereocenters. The Morgan fingerprint density at radius 1 is 1.27 bits per heavy atom. The van der Waals surface area contributed by atoms with Gasteiger partial charge in [-0.2, -0.15) is 18.4 Å². The largest absolute Gasteiger partial charge is 0.484 e. The van der Waals surface area contributed by atoms with Crippen molar-refractivity contribution >= 4 is 38.9 Å². The van der Waals surface area contributed by atoms with Crippen molar-refractivity contribution in [3.63, 3.8) is 0 Å². The number of hydrogen-bond donors (Lipinski definition) is 2. The van der Waals surface area contributed by atoms with Gasteiger partial charge >= 0.3 is 6.18 Å². The lowest BCUT2D eigenvalue weighted by Crippen LogP contribution is -2.48. The third-order valence-electron chi connectivity index (χ3n) is 5.49. The number of fused-ring (bicyclic) bond motifs is 1. The van der Waals surface area contributed by atoms with Gasteiger partial charge in [0.1, 0.15) is 23.5 Å². The summed E-state index contributed by atoms with van der Waals surface area (Å²) in [5.41, 5.74) is -1.99. The van der Waals surface area contributed by atoms with Gasteiger partial charge in [-0.15, -0.1) is 0 Å². The lowest BCUT2D eigenvalue weighted by Gasteiger charge is -2.36. The van der Waals surface area contributed by atoms with Crippen molar-refractivity contribution in [1.82, 2.24) is 5.32 Å². The molecule has 0 aromatic heterocycles. The van der Waals surface area contributed by atoms with E-state index in [0.717, 1.165) is 24.2 Å². The molecule has 2 N–H and O–H groups in total. The summed E-state index contributed by atoms with van der Waals surface area (Å²) in [6.07, 6.45) is -5.36. The number of rotatable bonds is 8. The minimum absolute atomic E-state index is 0.00707. The van der Waals surface area contributed by atoms with Crippen LogP contribution in [0.4, 0.5) is 24.5 Å². The Hall–Kier alpha value is -3.21. The molecule has 0 saturated heterocycles. The van der Waals surface area contributed by atoms with Crippen LogP contribution < -0.4 is 19.7 Å². The van der Waals surface area contributed by atoms with Crippen molar-refractivity contribution in [3.05, 3.63) is 47.0 Å². The van der Waals surface area contributed by atoms with Crippen LogP contribution in [0.25, 0.3) is 0 Å². The first-order valence-electron chi connectivity index (χ1n) is 10.9. The fourth-order valence-corrected chi connectivity index (χ4v) is 5.29. The van der Waals surface area contributed by atoms with Gasteiger partial charge < -0.3 is 20.1 Å². The minimum Gasteiger partial charge on any atom is -0.484 e. The van der Waals surface area contributed by atoms with Gasteiger partial charge in [0.25, 0.3) is 10.0 Å². The van der Waals surface area contributed by atoms with E-state index in [2.05, 4.69) is 10.6 Å². The molecule has 0 bridgehead atoms. The van der Waals surface area contributed by atoms with Crippen LogP contribution in [-0.2, 0) is 19.6 Å². The van der Waals surface area contributed by atoms with Crippen LogP contribution in [0.15, 0.2) is 41.3 Å². The standard InChI is InChI=1S/C23H24ClF3N4O5S/c1-14(32)29-11-17-12-31(37(33,34)21-8-15(10-28)4-6-18(21)24)19-9-16(5-7-20(19)36-17)30-13-35-22(2,3)23(25,26)27/h4-9,17,30H,11-13H2,1-3H3,(H,29,32). The van der Waals surface area contributed by atoms with E-state index < -0.39 is 34.6 Å². The van der Waals surface area contributed by atoms with E-state index >= 15 is 0 Å². The predicted molar refractivity (Wildman–Crippen MR) is 130 cm³/mol. The van der Waals surface area contributed by atoms with Gasteiger partial charge in [0.15, 0.2) is 5.60 Å². The van der Waals surface area contributed by atoms with E-state index in [0.29, 0.717) is 0 Å². The Morgan fingerprint density at radius 3 is 2.59 bits per heavy atom. The first-order valence-corrected chi connectivity index (χ1v) is 12.7. The number of halogens is 4. The molecule has 3 rings (SSSR count). The quantitative estimate of drug-likeness (QED) is 0.468. The second-order valence-corrected chi connectivity index (χ2v) is 10.9. The molecule has 1 amide bonds. The zero-order valence-electron chi connectivity index (χ0n) is 20.0. The normalized spacial score (nSPS) is 15.8. The summed E-state index contributed by atoms with van der Waals surface area (Å²) >= 11 is 6.18. The van der Waals surface area contributed by atoms with Crippen LogP contribution in [-0.4, -0.2) is 52.0 Å². The molecule has 0 fully saturated rings. The minimum atomic E-state index is -4.59. The molecule has 0 saturated carbocycles. The van der Waals surface area contributed by atoms with E-state index in [4.69, 9.17) is 21.1 Å². The number of carbonyl (C=O) groups excluding carboxylic acids is 1. The van der Waals surface area contributed by atoms with Gasteiger partial charge in [-0.05, 0) is 50.2 Å². The van der Waals surface area contributed by atoms with Crippen LogP contribution in [0, 0.1) is 11.3 Å². The number of anilines is 2. The molecule has 0 spiro atoms. The Labute approximate surface area is 217 Å². The highest BCUT2D eigenvalue weighted by molar-refractivity contribution is 7.93. The van der Waals surface area contributed by atoms with Crippen molar-refractivity contribution in [3.8, 4) is 11.8 Å². The molecule has 2 aromatic carbocycles. The van der Waals surface area contributed by atoms with Crippen LogP contribution in [0.5, 0.6) is 5.75 Å². The highest BCUT2D eigenvalue weighted by Gasteiger charge is 2.48. The number of nitrogens with zero attached hydrogens (tertiary/aromatic N) is 2. The van der Waals surface area contributed by atoms with E-state index in [-0.39, 0.29) is 51.6 Å². The molecule has 1 aliphatic rings. The summed E-state index contributed by atoms with van der Waals surface area (Å²) in [7, 11) is -4.34. The third-order valence-corrected chi connectivity index (χ3v) is 7.75. The molecule has 1 heterocycles. The summed E-state index contributed by atoms with van der Waals surface area (Å²) in [6, 6.07) is 9.99. The molecular formula is C23H24ClF3N4O5S. The van der Waals surface area contributed by atoms with Crippen LogP contribution in [0.1, 0.15) is 26.3 Å².